The van der Waals surface area contributed by atoms with Crippen LogP contribution >= 0.6 is 0 Å². The zero-order chi connectivity index (χ0) is 22.6. The average Bonchev–Trinajstić information content (AvgIpc) is 3.14. The van der Waals surface area contributed by atoms with E-state index in [4.69, 9.17) is 9.72 Å². The van der Waals surface area contributed by atoms with Crippen LogP contribution < -0.4 is 10.1 Å². The lowest BCUT2D eigenvalue weighted by Gasteiger charge is -2.11. The second-order valence-electron chi connectivity index (χ2n) is 8.40. The third kappa shape index (κ3) is 7.11. The average molecular weight is 436 g/mol. The van der Waals surface area contributed by atoms with Gasteiger partial charge in [-0.25, -0.2) is 4.98 Å². The van der Waals surface area contributed by atoms with Gasteiger partial charge < -0.3 is 14.6 Å². The quantitative estimate of drug-likeness (QED) is 0.324. The first-order chi connectivity index (χ1) is 15.7. The predicted octanol–water partition coefficient (Wildman–Crippen LogP) is 5.83. The Balaban J connectivity index is 1.46. The van der Waals surface area contributed by atoms with E-state index in [1.807, 2.05) is 25.1 Å². The third-order valence-corrected chi connectivity index (χ3v) is 5.74. The number of imidazole rings is 1. The van der Waals surface area contributed by atoms with Gasteiger partial charge in [0.25, 0.3) is 0 Å². The summed E-state index contributed by atoms with van der Waals surface area (Å²) in [7, 11) is 0. The minimum Gasteiger partial charge on any atom is -0.493 e. The van der Waals surface area contributed by atoms with Crippen molar-refractivity contribution in [3.8, 4) is 5.75 Å². The monoisotopic (exact) mass is 435 g/mol. The van der Waals surface area contributed by atoms with E-state index in [0.29, 0.717) is 6.42 Å². The summed E-state index contributed by atoms with van der Waals surface area (Å²) in [5.41, 5.74) is 3.47. The summed E-state index contributed by atoms with van der Waals surface area (Å²) in [6, 6.07) is 16.6. The van der Waals surface area contributed by atoms with E-state index in [0.717, 1.165) is 75.9 Å². The molecule has 5 nitrogen and oxygen atoms in total. The van der Waals surface area contributed by atoms with Gasteiger partial charge in [-0.1, -0.05) is 43.7 Å². The maximum Gasteiger partial charge on any atom is 0.219 e. The number of nitrogens with zero attached hydrogens (tertiary/aromatic N) is 2. The highest BCUT2D eigenvalue weighted by Crippen LogP contribution is 2.20. The highest BCUT2D eigenvalue weighted by Gasteiger charge is 2.10. The molecule has 0 saturated heterocycles. The topological polar surface area (TPSA) is 56.2 Å². The molecule has 1 aromatic heterocycles. The normalized spacial score (nSPS) is 11.1. The van der Waals surface area contributed by atoms with Gasteiger partial charge in [0.1, 0.15) is 11.6 Å². The smallest absolute Gasteiger partial charge is 0.219 e. The lowest BCUT2D eigenvalue weighted by Crippen LogP contribution is -2.23. The second-order valence-corrected chi connectivity index (χ2v) is 8.40. The van der Waals surface area contributed by atoms with Gasteiger partial charge in [0.15, 0.2) is 0 Å². The number of fused-ring (bicyclic) bond motifs is 1. The lowest BCUT2D eigenvalue weighted by atomic mass is 10.2. The second kappa shape index (κ2) is 12.9. The lowest BCUT2D eigenvalue weighted by molar-refractivity contribution is -0.121. The SMILES string of the molecule is CCCC(=O)NCCCCCc1nc2ccccc2n1CCCCOc1ccccc1C. The van der Waals surface area contributed by atoms with E-state index in [9.17, 15) is 4.79 Å². The highest BCUT2D eigenvalue weighted by molar-refractivity contribution is 5.76. The van der Waals surface area contributed by atoms with E-state index in [1.54, 1.807) is 0 Å². The number of nitrogens with one attached hydrogen (secondary N) is 1. The molecule has 0 radical (unpaired) electrons. The van der Waals surface area contributed by atoms with Gasteiger partial charge in [-0.15, -0.1) is 0 Å². The van der Waals surface area contributed by atoms with Crippen LogP contribution in [0.25, 0.3) is 11.0 Å². The first-order valence-electron chi connectivity index (χ1n) is 12.1. The first kappa shape index (κ1) is 23.8. The number of hydrogen-bond acceptors (Lipinski definition) is 3. The van der Waals surface area contributed by atoms with E-state index >= 15 is 0 Å². The van der Waals surface area contributed by atoms with Gasteiger partial charge in [0.2, 0.25) is 5.91 Å². The minimum absolute atomic E-state index is 0.167. The van der Waals surface area contributed by atoms with Crippen molar-refractivity contribution in [2.75, 3.05) is 13.2 Å². The number of carbonyl (C=O) groups is 1. The number of amides is 1. The van der Waals surface area contributed by atoms with Crippen LogP contribution in [0.4, 0.5) is 0 Å². The van der Waals surface area contributed by atoms with Crippen molar-refractivity contribution in [3.05, 3.63) is 59.9 Å². The van der Waals surface area contributed by atoms with Crippen LogP contribution in [0.2, 0.25) is 0 Å². The molecule has 0 bridgehead atoms. The molecule has 0 aliphatic rings. The van der Waals surface area contributed by atoms with Crippen LogP contribution in [0.15, 0.2) is 48.5 Å². The third-order valence-electron chi connectivity index (χ3n) is 5.74. The summed E-state index contributed by atoms with van der Waals surface area (Å²) in [6.07, 6.45) is 7.77. The number of hydrogen-bond donors (Lipinski definition) is 1. The summed E-state index contributed by atoms with van der Waals surface area (Å²) in [6.45, 7) is 6.58. The molecule has 0 atom stereocenters. The number of benzene rings is 2. The molecule has 172 valence electrons. The van der Waals surface area contributed by atoms with E-state index in [1.165, 1.54) is 16.9 Å². The predicted molar refractivity (Wildman–Crippen MR) is 131 cm³/mol. The number of unbranched alkanes of at least 4 members (excludes halogenated alkanes) is 3. The zero-order valence-corrected chi connectivity index (χ0v) is 19.6. The molecule has 1 N–H and O–H groups in total. The number of aromatic nitrogens is 2. The van der Waals surface area contributed by atoms with Crippen molar-refractivity contribution < 1.29 is 9.53 Å². The number of carbonyl (C=O) groups excluding carboxylic acids is 1. The Morgan fingerprint density at radius 1 is 1.00 bits per heavy atom. The summed E-state index contributed by atoms with van der Waals surface area (Å²) in [5, 5.41) is 3.00. The summed E-state index contributed by atoms with van der Waals surface area (Å²) in [4.78, 5) is 16.5. The maximum atomic E-state index is 11.6. The molecule has 3 rings (SSSR count). The van der Waals surface area contributed by atoms with Crippen LogP contribution in [0, 0.1) is 6.92 Å². The van der Waals surface area contributed by atoms with Crippen LogP contribution in [-0.4, -0.2) is 28.6 Å². The molecule has 0 saturated carbocycles. The van der Waals surface area contributed by atoms with Gasteiger partial charge >= 0.3 is 0 Å². The van der Waals surface area contributed by atoms with Gasteiger partial charge in [-0.05, 0) is 62.8 Å². The van der Waals surface area contributed by atoms with Crippen molar-refractivity contribution in [2.45, 2.75) is 71.8 Å². The summed E-state index contributed by atoms with van der Waals surface area (Å²) >= 11 is 0. The molecule has 1 amide bonds. The Labute approximate surface area is 192 Å². The Bertz CT molecular complexity index is 980. The number of para-hydroxylation sites is 3. The number of ether oxygens (including phenoxy) is 1. The molecule has 0 fully saturated rings. The van der Waals surface area contributed by atoms with E-state index in [-0.39, 0.29) is 5.91 Å². The standard InChI is InChI=1S/C27H37N3O2/c1-3-13-27(31)28-19-10-4-5-18-26-29-23-15-7-8-16-24(23)30(26)20-11-12-21-32-25-17-9-6-14-22(25)2/h6-9,14-17H,3-5,10-13,18-21H2,1-2H3,(H,28,31). The fourth-order valence-corrected chi connectivity index (χ4v) is 3.97. The molecular formula is C27H37N3O2. The van der Waals surface area contributed by atoms with Gasteiger partial charge in [0.05, 0.1) is 17.6 Å². The molecule has 0 aliphatic heterocycles. The zero-order valence-electron chi connectivity index (χ0n) is 19.6. The maximum absolute atomic E-state index is 11.6. The molecule has 5 heteroatoms. The van der Waals surface area contributed by atoms with Crippen LogP contribution in [0.5, 0.6) is 5.75 Å². The van der Waals surface area contributed by atoms with Crippen LogP contribution in [-0.2, 0) is 17.8 Å². The fraction of sp³-hybridized carbons (Fsp3) is 0.481. The first-order valence-corrected chi connectivity index (χ1v) is 12.1. The summed E-state index contributed by atoms with van der Waals surface area (Å²) < 4.78 is 8.33. The molecule has 0 unspecified atom stereocenters. The van der Waals surface area contributed by atoms with Gasteiger partial charge in [0, 0.05) is 25.9 Å². The van der Waals surface area contributed by atoms with Crippen molar-refractivity contribution in [3.63, 3.8) is 0 Å². The largest absolute Gasteiger partial charge is 0.493 e. The highest BCUT2D eigenvalue weighted by atomic mass is 16.5. The molecular weight excluding hydrogens is 398 g/mol. The van der Waals surface area contributed by atoms with Crippen molar-refractivity contribution in [2.24, 2.45) is 0 Å². The van der Waals surface area contributed by atoms with E-state index < -0.39 is 0 Å². The molecule has 1 heterocycles. The molecule has 3 aromatic rings. The Hall–Kier alpha value is -2.82. The molecule has 0 aliphatic carbocycles. The Kier molecular flexibility index (Phi) is 9.60. The molecule has 32 heavy (non-hydrogen) atoms. The van der Waals surface area contributed by atoms with Crippen molar-refractivity contribution in [1.82, 2.24) is 14.9 Å². The van der Waals surface area contributed by atoms with Crippen molar-refractivity contribution >= 4 is 16.9 Å². The molecule has 2 aromatic carbocycles. The Morgan fingerprint density at radius 3 is 2.66 bits per heavy atom. The van der Waals surface area contributed by atoms with Gasteiger partial charge in [-0.2, -0.15) is 0 Å². The summed E-state index contributed by atoms with van der Waals surface area (Å²) in [5.74, 6) is 2.31. The molecule has 0 spiro atoms. The number of rotatable bonds is 14. The van der Waals surface area contributed by atoms with E-state index in [2.05, 4.69) is 47.1 Å². The van der Waals surface area contributed by atoms with Gasteiger partial charge in [-0.3, -0.25) is 4.79 Å². The minimum atomic E-state index is 0.167. The fourth-order valence-electron chi connectivity index (χ4n) is 3.97. The van der Waals surface area contributed by atoms with Crippen LogP contribution in [0.1, 0.15) is 63.3 Å². The van der Waals surface area contributed by atoms with Crippen LogP contribution in [0.3, 0.4) is 0 Å². The number of aryl methyl sites for hydroxylation is 3. The Morgan fingerprint density at radius 2 is 1.81 bits per heavy atom. The van der Waals surface area contributed by atoms with Crippen molar-refractivity contribution in [1.29, 1.82) is 0 Å².